The molecule has 0 fully saturated rings. The van der Waals surface area contributed by atoms with Crippen molar-refractivity contribution >= 4 is 17.2 Å². The summed E-state index contributed by atoms with van der Waals surface area (Å²) in [5, 5.41) is 4.19. The molecule has 0 saturated carbocycles. The lowest BCUT2D eigenvalue weighted by Gasteiger charge is -2.13. The lowest BCUT2D eigenvalue weighted by atomic mass is 9.99. The first kappa shape index (κ1) is 12.5. The standard InChI is InChI=1S/C14H18ClNO/c1-10-8-14(17-2)12(9-13(10)15)11-4-3-6-16-7-5-11/h4,8-9,16H,3,5-7H2,1-2H3. The molecule has 0 unspecified atom stereocenters. The Kier molecular flexibility index (Phi) is 4.08. The van der Waals surface area contributed by atoms with Gasteiger partial charge in [-0.15, -0.1) is 0 Å². The summed E-state index contributed by atoms with van der Waals surface area (Å²) in [7, 11) is 1.71. The highest BCUT2D eigenvalue weighted by atomic mass is 35.5. The van der Waals surface area contributed by atoms with E-state index in [4.69, 9.17) is 16.3 Å². The smallest absolute Gasteiger partial charge is 0.126 e. The van der Waals surface area contributed by atoms with Crippen LogP contribution in [0.3, 0.4) is 0 Å². The van der Waals surface area contributed by atoms with Crippen molar-refractivity contribution in [2.75, 3.05) is 20.2 Å². The maximum Gasteiger partial charge on any atom is 0.126 e. The largest absolute Gasteiger partial charge is 0.496 e. The van der Waals surface area contributed by atoms with Gasteiger partial charge in [0.15, 0.2) is 0 Å². The highest BCUT2D eigenvalue weighted by molar-refractivity contribution is 6.31. The molecule has 1 aromatic carbocycles. The fourth-order valence-corrected chi connectivity index (χ4v) is 2.28. The van der Waals surface area contributed by atoms with E-state index in [0.717, 1.165) is 47.8 Å². The summed E-state index contributed by atoms with van der Waals surface area (Å²) in [6.45, 7) is 4.06. The molecule has 92 valence electrons. The van der Waals surface area contributed by atoms with E-state index in [1.165, 1.54) is 5.57 Å². The van der Waals surface area contributed by atoms with Crippen LogP contribution < -0.4 is 10.1 Å². The fraction of sp³-hybridized carbons (Fsp3) is 0.429. The Morgan fingerprint density at radius 1 is 1.29 bits per heavy atom. The number of rotatable bonds is 2. The van der Waals surface area contributed by atoms with Gasteiger partial charge in [-0.25, -0.2) is 0 Å². The van der Waals surface area contributed by atoms with E-state index in [2.05, 4.69) is 11.4 Å². The zero-order chi connectivity index (χ0) is 12.3. The van der Waals surface area contributed by atoms with Gasteiger partial charge in [0.25, 0.3) is 0 Å². The van der Waals surface area contributed by atoms with Crippen molar-refractivity contribution in [3.63, 3.8) is 0 Å². The summed E-state index contributed by atoms with van der Waals surface area (Å²) in [5.41, 5.74) is 3.51. The highest BCUT2D eigenvalue weighted by Gasteiger charge is 2.12. The van der Waals surface area contributed by atoms with Gasteiger partial charge in [0.05, 0.1) is 7.11 Å². The van der Waals surface area contributed by atoms with Gasteiger partial charge in [-0.2, -0.15) is 0 Å². The third kappa shape index (κ3) is 2.82. The quantitative estimate of drug-likeness (QED) is 0.870. The molecule has 2 rings (SSSR count). The Balaban J connectivity index is 2.42. The number of methoxy groups -OCH3 is 1. The molecular formula is C14H18ClNO. The minimum Gasteiger partial charge on any atom is -0.496 e. The molecule has 0 saturated heterocycles. The minimum absolute atomic E-state index is 0.805. The molecule has 17 heavy (non-hydrogen) atoms. The monoisotopic (exact) mass is 251 g/mol. The van der Waals surface area contributed by atoms with Crippen LogP contribution >= 0.6 is 11.6 Å². The zero-order valence-electron chi connectivity index (χ0n) is 10.3. The average molecular weight is 252 g/mol. The fourth-order valence-electron chi connectivity index (χ4n) is 2.12. The van der Waals surface area contributed by atoms with Crippen LogP contribution in [0.4, 0.5) is 0 Å². The van der Waals surface area contributed by atoms with Crippen LogP contribution in [0, 0.1) is 6.92 Å². The lowest BCUT2D eigenvalue weighted by molar-refractivity contribution is 0.413. The zero-order valence-corrected chi connectivity index (χ0v) is 11.1. The molecule has 1 heterocycles. The molecule has 1 aliphatic rings. The van der Waals surface area contributed by atoms with Crippen LogP contribution in [0.2, 0.25) is 5.02 Å². The number of aryl methyl sites for hydroxylation is 1. The van der Waals surface area contributed by atoms with Crippen molar-refractivity contribution in [3.05, 3.63) is 34.4 Å². The van der Waals surface area contributed by atoms with Gasteiger partial charge in [0.2, 0.25) is 0 Å². The third-order valence-corrected chi connectivity index (χ3v) is 3.52. The SMILES string of the molecule is COc1cc(C)c(Cl)cc1C1=CCCNCC1. The van der Waals surface area contributed by atoms with Crippen molar-refractivity contribution < 1.29 is 4.74 Å². The molecule has 0 amide bonds. The van der Waals surface area contributed by atoms with Gasteiger partial charge in [-0.1, -0.05) is 17.7 Å². The van der Waals surface area contributed by atoms with Gasteiger partial charge < -0.3 is 10.1 Å². The number of hydrogen-bond acceptors (Lipinski definition) is 2. The van der Waals surface area contributed by atoms with Crippen molar-refractivity contribution in [1.82, 2.24) is 5.32 Å². The molecule has 0 atom stereocenters. The Morgan fingerprint density at radius 2 is 2.12 bits per heavy atom. The number of ether oxygens (including phenoxy) is 1. The van der Waals surface area contributed by atoms with Gasteiger partial charge in [0, 0.05) is 10.6 Å². The van der Waals surface area contributed by atoms with Gasteiger partial charge in [0.1, 0.15) is 5.75 Å². The first-order valence-electron chi connectivity index (χ1n) is 5.96. The van der Waals surface area contributed by atoms with Crippen LogP contribution in [0.1, 0.15) is 24.0 Å². The van der Waals surface area contributed by atoms with Gasteiger partial charge >= 0.3 is 0 Å². The topological polar surface area (TPSA) is 21.3 Å². The van der Waals surface area contributed by atoms with Gasteiger partial charge in [-0.3, -0.25) is 0 Å². The second-order valence-electron chi connectivity index (χ2n) is 4.32. The maximum absolute atomic E-state index is 6.20. The van der Waals surface area contributed by atoms with E-state index in [1.807, 2.05) is 19.1 Å². The molecular weight excluding hydrogens is 234 g/mol. The average Bonchev–Trinajstić information content (AvgIpc) is 2.60. The Morgan fingerprint density at radius 3 is 2.88 bits per heavy atom. The first-order valence-corrected chi connectivity index (χ1v) is 6.34. The lowest BCUT2D eigenvalue weighted by Crippen LogP contribution is -2.13. The normalized spacial score (nSPS) is 16.3. The molecule has 0 aliphatic carbocycles. The van der Waals surface area contributed by atoms with Crippen molar-refractivity contribution in [3.8, 4) is 5.75 Å². The van der Waals surface area contributed by atoms with Crippen LogP contribution in [0.15, 0.2) is 18.2 Å². The van der Waals surface area contributed by atoms with Crippen molar-refractivity contribution in [2.45, 2.75) is 19.8 Å². The summed E-state index contributed by atoms with van der Waals surface area (Å²) >= 11 is 6.20. The second kappa shape index (κ2) is 5.56. The van der Waals surface area contributed by atoms with Crippen molar-refractivity contribution in [2.24, 2.45) is 0 Å². The van der Waals surface area contributed by atoms with Crippen LogP contribution in [-0.2, 0) is 0 Å². The maximum atomic E-state index is 6.20. The molecule has 1 aliphatic heterocycles. The molecule has 0 spiro atoms. The number of benzene rings is 1. The first-order chi connectivity index (χ1) is 8.22. The Labute approximate surface area is 108 Å². The number of nitrogens with one attached hydrogen (secondary N) is 1. The number of hydrogen-bond donors (Lipinski definition) is 1. The van der Waals surface area contributed by atoms with E-state index in [1.54, 1.807) is 7.11 Å². The molecule has 2 nitrogen and oxygen atoms in total. The van der Waals surface area contributed by atoms with Crippen molar-refractivity contribution in [1.29, 1.82) is 0 Å². The summed E-state index contributed by atoms with van der Waals surface area (Å²) in [6, 6.07) is 4.03. The van der Waals surface area contributed by atoms with Crippen LogP contribution in [0.5, 0.6) is 5.75 Å². The Hall–Kier alpha value is -0.990. The van der Waals surface area contributed by atoms with E-state index in [9.17, 15) is 0 Å². The summed E-state index contributed by atoms with van der Waals surface area (Å²) in [4.78, 5) is 0. The van der Waals surface area contributed by atoms with E-state index in [0.29, 0.717) is 0 Å². The van der Waals surface area contributed by atoms with E-state index >= 15 is 0 Å². The van der Waals surface area contributed by atoms with E-state index < -0.39 is 0 Å². The predicted molar refractivity (Wildman–Crippen MR) is 72.8 cm³/mol. The molecule has 1 aromatic rings. The summed E-state index contributed by atoms with van der Waals surface area (Å²) < 4.78 is 5.46. The summed E-state index contributed by atoms with van der Waals surface area (Å²) in [5.74, 6) is 0.917. The highest BCUT2D eigenvalue weighted by Crippen LogP contribution is 2.33. The third-order valence-electron chi connectivity index (χ3n) is 3.11. The van der Waals surface area contributed by atoms with Crippen LogP contribution in [-0.4, -0.2) is 20.2 Å². The minimum atomic E-state index is 0.805. The predicted octanol–water partition coefficient (Wildman–Crippen LogP) is 3.42. The molecule has 1 N–H and O–H groups in total. The second-order valence-corrected chi connectivity index (χ2v) is 4.73. The summed E-state index contributed by atoms with van der Waals surface area (Å²) in [6.07, 6.45) is 4.36. The van der Waals surface area contributed by atoms with Gasteiger partial charge in [-0.05, 0) is 56.1 Å². The molecule has 0 radical (unpaired) electrons. The Bertz CT molecular complexity index is 440. The molecule has 0 bridgehead atoms. The number of halogens is 1. The molecule has 3 heteroatoms. The van der Waals surface area contributed by atoms with Crippen LogP contribution in [0.25, 0.3) is 5.57 Å². The van der Waals surface area contributed by atoms with E-state index in [-0.39, 0.29) is 0 Å². The molecule has 0 aromatic heterocycles.